The molecule has 0 radical (unpaired) electrons. The Morgan fingerprint density at radius 2 is 1.87 bits per heavy atom. The molecular formula is C24H24N4O2S. The van der Waals surface area contributed by atoms with Crippen LogP contribution in [0.3, 0.4) is 0 Å². The maximum atomic E-state index is 12.6. The first-order valence-electron chi connectivity index (χ1n) is 10.1. The van der Waals surface area contributed by atoms with E-state index in [-0.39, 0.29) is 18.3 Å². The zero-order valence-corrected chi connectivity index (χ0v) is 18.0. The number of aliphatic hydroxyl groups is 1. The van der Waals surface area contributed by atoms with Gasteiger partial charge < -0.3 is 10.4 Å². The van der Waals surface area contributed by atoms with Gasteiger partial charge in [0.15, 0.2) is 10.8 Å². The molecule has 2 heterocycles. The molecule has 0 aliphatic heterocycles. The van der Waals surface area contributed by atoms with E-state index in [4.69, 9.17) is 0 Å². The van der Waals surface area contributed by atoms with Crippen LogP contribution in [0.4, 0.5) is 0 Å². The number of thioether (sulfide) groups is 1. The summed E-state index contributed by atoms with van der Waals surface area (Å²) in [5, 5.41) is 13.3. The number of aryl methyl sites for hydroxylation is 1. The fraction of sp³-hybridized carbons (Fsp3) is 0.208. The highest BCUT2D eigenvalue weighted by molar-refractivity contribution is 7.99. The van der Waals surface area contributed by atoms with Crippen LogP contribution < -0.4 is 5.32 Å². The van der Waals surface area contributed by atoms with Gasteiger partial charge in [-0.1, -0.05) is 71.9 Å². The van der Waals surface area contributed by atoms with Crippen LogP contribution in [0, 0.1) is 6.92 Å². The van der Waals surface area contributed by atoms with E-state index in [9.17, 15) is 9.90 Å². The first-order valence-corrected chi connectivity index (χ1v) is 11.1. The molecule has 31 heavy (non-hydrogen) atoms. The summed E-state index contributed by atoms with van der Waals surface area (Å²) in [6.45, 7) is 2.53. The molecule has 2 aromatic carbocycles. The van der Waals surface area contributed by atoms with E-state index in [0.717, 1.165) is 27.4 Å². The number of nitrogens with one attached hydrogen (secondary N) is 1. The van der Waals surface area contributed by atoms with E-state index < -0.39 is 6.04 Å². The van der Waals surface area contributed by atoms with Crippen LogP contribution in [0.25, 0.3) is 11.2 Å². The van der Waals surface area contributed by atoms with Gasteiger partial charge in [0.2, 0.25) is 5.91 Å². The number of amides is 1. The predicted molar refractivity (Wildman–Crippen MR) is 123 cm³/mol. The van der Waals surface area contributed by atoms with Crippen molar-refractivity contribution in [3.05, 3.63) is 89.6 Å². The first kappa shape index (κ1) is 21.1. The molecule has 0 fully saturated rings. The minimum absolute atomic E-state index is 0.156. The van der Waals surface area contributed by atoms with Crippen molar-refractivity contribution in [2.75, 3.05) is 12.4 Å². The lowest BCUT2D eigenvalue weighted by atomic mass is 10.1. The summed E-state index contributed by atoms with van der Waals surface area (Å²) in [4.78, 5) is 21.8. The van der Waals surface area contributed by atoms with E-state index >= 15 is 0 Å². The van der Waals surface area contributed by atoms with Gasteiger partial charge in [-0.25, -0.2) is 9.97 Å². The summed E-state index contributed by atoms with van der Waals surface area (Å²) in [5.74, 6) is 0.0374. The molecular weight excluding hydrogens is 408 g/mol. The number of fused-ring (bicyclic) bond motifs is 1. The lowest BCUT2D eigenvalue weighted by Crippen LogP contribution is -2.32. The summed E-state index contributed by atoms with van der Waals surface area (Å²) >= 11 is 1.37. The second-order valence-electron chi connectivity index (χ2n) is 7.31. The van der Waals surface area contributed by atoms with Crippen LogP contribution in [0.2, 0.25) is 0 Å². The molecule has 1 atom stereocenters. The molecule has 0 aliphatic carbocycles. The third kappa shape index (κ3) is 5.13. The molecule has 158 valence electrons. The molecule has 0 saturated heterocycles. The third-order valence-corrected chi connectivity index (χ3v) is 5.96. The number of benzene rings is 2. The minimum atomic E-state index is -0.428. The summed E-state index contributed by atoms with van der Waals surface area (Å²) in [5.41, 5.74) is 4.82. The first-order chi connectivity index (χ1) is 15.1. The number of pyridine rings is 1. The third-order valence-electron chi connectivity index (χ3n) is 4.98. The Morgan fingerprint density at radius 3 is 2.61 bits per heavy atom. The molecule has 0 saturated carbocycles. The molecule has 4 aromatic rings. The number of rotatable bonds is 8. The van der Waals surface area contributed by atoms with Crippen LogP contribution in [0.1, 0.15) is 22.7 Å². The Morgan fingerprint density at radius 1 is 1.10 bits per heavy atom. The average molecular weight is 433 g/mol. The molecule has 0 spiro atoms. The molecule has 7 heteroatoms. The zero-order valence-electron chi connectivity index (χ0n) is 17.2. The molecule has 2 aromatic heterocycles. The van der Waals surface area contributed by atoms with Gasteiger partial charge in [0, 0.05) is 6.20 Å². The maximum Gasteiger partial charge on any atom is 0.231 e. The van der Waals surface area contributed by atoms with Crippen molar-refractivity contribution in [2.45, 2.75) is 24.7 Å². The SMILES string of the molecule is Cc1ccc(Cn2c(SCC(=O)N[C@@H](CO)c3ccccc3)nc3cccnc32)cc1. The summed E-state index contributed by atoms with van der Waals surface area (Å²) in [6.07, 6.45) is 1.75. The molecule has 4 rings (SSSR count). The smallest absolute Gasteiger partial charge is 0.231 e. The number of aromatic nitrogens is 3. The van der Waals surface area contributed by atoms with Crippen molar-refractivity contribution >= 4 is 28.8 Å². The lowest BCUT2D eigenvalue weighted by Gasteiger charge is -2.16. The van der Waals surface area contributed by atoms with Gasteiger partial charge in [0.25, 0.3) is 0 Å². The summed E-state index contributed by atoms with van der Waals surface area (Å²) < 4.78 is 2.04. The molecule has 2 N–H and O–H groups in total. The van der Waals surface area contributed by atoms with Gasteiger partial charge in [0.05, 0.1) is 24.9 Å². The summed E-state index contributed by atoms with van der Waals surface area (Å²) in [7, 11) is 0. The largest absolute Gasteiger partial charge is 0.394 e. The van der Waals surface area contributed by atoms with Crippen molar-refractivity contribution in [3.8, 4) is 0 Å². The Bertz CT molecular complexity index is 1160. The summed E-state index contributed by atoms with van der Waals surface area (Å²) in [6, 6.07) is 21.2. The second-order valence-corrected chi connectivity index (χ2v) is 8.26. The predicted octanol–water partition coefficient (Wildman–Crippen LogP) is 3.73. The second kappa shape index (κ2) is 9.76. The Hall–Kier alpha value is -3.16. The van der Waals surface area contributed by atoms with Crippen LogP contribution >= 0.6 is 11.8 Å². The number of carbonyl (C=O) groups is 1. The van der Waals surface area contributed by atoms with Crippen LogP contribution in [0.15, 0.2) is 78.1 Å². The van der Waals surface area contributed by atoms with E-state index in [2.05, 4.69) is 46.5 Å². The van der Waals surface area contributed by atoms with E-state index in [1.54, 1.807) is 6.20 Å². The number of nitrogens with zero attached hydrogens (tertiary/aromatic N) is 3. The fourth-order valence-corrected chi connectivity index (χ4v) is 4.17. The Kier molecular flexibility index (Phi) is 6.64. The highest BCUT2D eigenvalue weighted by atomic mass is 32.2. The van der Waals surface area contributed by atoms with E-state index in [1.165, 1.54) is 17.3 Å². The van der Waals surface area contributed by atoms with Gasteiger partial charge in [0.1, 0.15) is 5.52 Å². The number of hydrogen-bond acceptors (Lipinski definition) is 5. The normalized spacial score (nSPS) is 12.1. The van der Waals surface area contributed by atoms with E-state index in [0.29, 0.717) is 6.54 Å². The number of aliphatic hydroxyl groups excluding tert-OH is 1. The lowest BCUT2D eigenvalue weighted by molar-refractivity contribution is -0.119. The van der Waals surface area contributed by atoms with Crippen molar-refractivity contribution in [2.24, 2.45) is 0 Å². The van der Waals surface area contributed by atoms with Crippen LogP contribution in [-0.2, 0) is 11.3 Å². The van der Waals surface area contributed by atoms with Gasteiger partial charge in [-0.3, -0.25) is 9.36 Å². The van der Waals surface area contributed by atoms with Crippen molar-refractivity contribution in [1.82, 2.24) is 19.9 Å². The van der Waals surface area contributed by atoms with E-state index in [1.807, 2.05) is 47.0 Å². The minimum Gasteiger partial charge on any atom is -0.394 e. The molecule has 0 aliphatic rings. The highest BCUT2D eigenvalue weighted by Gasteiger charge is 2.17. The van der Waals surface area contributed by atoms with Gasteiger partial charge in [-0.15, -0.1) is 0 Å². The maximum absolute atomic E-state index is 12.6. The standard InChI is InChI=1S/C24H24N4O2S/c1-17-9-11-18(12-10-17)14-28-23-20(8-5-13-25-23)27-24(28)31-16-22(30)26-21(15-29)19-6-3-2-4-7-19/h2-13,21,29H,14-16H2,1H3,(H,26,30)/t21-/m0/s1. The Balaban J connectivity index is 1.50. The fourth-order valence-electron chi connectivity index (χ4n) is 3.35. The van der Waals surface area contributed by atoms with Gasteiger partial charge in [-0.2, -0.15) is 0 Å². The van der Waals surface area contributed by atoms with Gasteiger partial charge >= 0.3 is 0 Å². The topological polar surface area (TPSA) is 80.0 Å². The van der Waals surface area contributed by atoms with Crippen molar-refractivity contribution in [3.63, 3.8) is 0 Å². The number of imidazole rings is 1. The van der Waals surface area contributed by atoms with Crippen molar-refractivity contribution in [1.29, 1.82) is 0 Å². The number of hydrogen-bond donors (Lipinski definition) is 2. The molecule has 0 bridgehead atoms. The monoisotopic (exact) mass is 432 g/mol. The Labute approximate surface area is 185 Å². The van der Waals surface area contributed by atoms with Gasteiger partial charge in [-0.05, 0) is 30.2 Å². The quantitative estimate of drug-likeness (QED) is 0.415. The zero-order chi connectivity index (χ0) is 21.6. The van der Waals surface area contributed by atoms with Crippen LogP contribution in [0.5, 0.6) is 0 Å². The molecule has 0 unspecified atom stereocenters. The highest BCUT2D eigenvalue weighted by Crippen LogP contribution is 2.24. The molecule has 6 nitrogen and oxygen atoms in total. The average Bonchev–Trinajstić information content (AvgIpc) is 3.15. The van der Waals surface area contributed by atoms with Crippen LogP contribution in [-0.4, -0.2) is 37.9 Å². The molecule has 1 amide bonds. The van der Waals surface area contributed by atoms with Crippen molar-refractivity contribution < 1.29 is 9.90 Å². The number of carbonyl (C=O) groups excluding carboxylic acids is 1.